The van der Waals surface area contributed by atoms with Crippen LogP contribution in [-0.4, -0.2) is 45.7 Å². The van der Waals surface area contributed by atoms with E-state index in [4.69, 9.17) is 10.8 Å². The van der Waals surface area contributed by atoms with Gasteiger partial charge in [0, 0.05) is 11.3 Å². The zero-order valence-electron chi connectivity index (χ0n) is 8.71. The first kappa shape index (κ1) is 11.8. The lowest BCUT2D eigenvalue weighted by Gasteiger charge is -2.43. The molecule has 0 aromatic heterocycles. The SMILES string of the molecule is NC(=O)OCC1=C(C(=O)O)N2C(=O)C[C@@H]2SC1. The Morgan fingerprint density at radius 2 is 2.29 bits per heavy atom. The summed E-state index contributed by atoms with van der Waals surface area (Å²) in [5.41, 5.74) is 5.13. The van der Waals surface area contributed by atoms with Gasteiger partial charge in [-0.15, -0.1) is 11.8 Å². The molecular formula is C9H10N2O5S. The normalized spacial score (nSPS) is 22.9. The first-order valence-electron chi connectivity index (χ1n) is 4.82. The molecule has 8 heteroatoms. The molecule has 7 nitrogen and oxygen atoms in total. The summed E-state index contributed by atoms with van der Waals surface area (Å²) in [5, 5.41) is 8.98. The third-order valence-electron chi connectivity index (χ3n) is 2.52. The number of carboxylic acid groups (broad SMARTS) is 1. The summed E-state index contributed by atoms with van der Waals surface area (Å²) in [7, 11) is 0. The summed E-state index contributed by atoms with van der Waals surface area (Å²) >= 11 is 1.45. The van der Waals surface area contributed by atoms with E-state index in [1.54, 1.807) is 0 Å². The Kier molecular flexibility index (Phi) is 2.97. The smallest absolute Gasteiger partial charge is 0.404 e. The largest absolute Gasteiger partial charge is 0.477 e. The number of amides is 2. The van der Waals surface area contributed by atoms with E-state index in [0.717, 1.165) is 0 Å². The standard InChI is InChI=1S/C9H10N2O5S/c10-9(15)16-2-4-3-17-6-1-5(12)11(6)7(4)8(13)14/h6H,1-3H2,(H2,10,15)(H,13,14)/t6-/m0/s1. The van der Waals surface area contributed by atoms with Gasteiger partial charge in [-0.1, -0.05) is 0 Å². The highest BCUT2D eigenvalue weighted by atomic mass is 32.2. The number of nitrogens with two attached hydrogens (primary N) is 1. The summed E-state index contributed by atoms with van der Waals surface area (Å²) in [4.78, 5) is 34.2. The van der Waals surface area contributed by atoms with E-state index in [1.807, 2.05) is 0 Å². The number of carboxylic acids is 1. The molecule has 0 bridgehead atoms. The van der Waals surface area contributed by atoms with Gasteiger partial charge in [0.15, 0.2) is 0 Å². The molecule has 92 valence electrons. The highest BCUT2D eigenvalue weighted by Crippen LogP contribution is 2.39. The van der Waals surface area contributed by atoms with Crippen molar-refractivity contribution in [3.8, 4) is 0 Å². The van der Waals surface area contributed by atoms with E-state index in [0.29, 0.717) is 17.7 Å². The number of hydrogen-bond donors (Lipinski definition) is 2. The fraction of sp³-hybridized carbons (Fsp3) is 0.444. The molecular weight excluding hydrogens is 248 g/mol. The molecule has 0 aliphatic carbocycles. The fourth-order valence-electron chi connectivity index (χ4n) is 1.75. The quantitative estimate of drug-likeness (QED) is 0.674. The minimum absolute atomic E-state index is 0.0775. The van der Waals surface area contributed by atoms with Crippen molar-refractivity contribution < 1.29 is 24.2 Å². The number of primary amides is 1. The van der Waals surface area contributed by atoms with Gasteiger partial charge in [-0.25, -0.2) is 9.59 Å². The highest BCUT2D eigenvalue weighted by Gasteiger charge is 2.45. The highest BCUT2D eigenvalue weighted by molar-refractivity contribution is 8.00. The average molecular weight is 258 g/mol. The van der Waals surface area contributed by atoms with Crippen LogP contribution in [-0.2, 0) is 14.3 Å². The van der Waals surface area contributed by atoms with Crippen molar-refractivity contribution >= 4 is 29.7 Å². The Morgan fingerprint density at radius 1 is 1.59 bits per heavy atom. The van der Waals surface area contributed by atoms with E-state index in [2.05, 4.69) is 4.74 Å². The van der Waals surface area contributed by atoms with Gasteiger partial charge >= 0.3 is 12.1 Å². The summed E-state index contributed by atoms with van der Waals surface area (Å²) in [6.07, 6.45) is -0.616. The second kappa shape index (κ2) is 4.28. The maximum absolute atomic E-state index is 11.3. The molecule has 1 fully saturated rings. The van der Waals surface area contributed by atoms with Gasteiger partial charge in [-0.05, 0) is 0 Å². The lowest BCUT2D eigenvalue weighted by atomic mass is 10.1. The number of fused-ring (bicyclic) bond motifs is 1. The van der Waals surface area contributed by atoms with Crippen molar-refractivity contribution in [3.05, 3.63) is 11.3 Å². The first-order valence-corrected chi connectivity index (χ1v) is 5.86. The van der Waals surface area contributed by atoms with Crippen LogP contribution in [0.15, 0.2) is 11.3 Å². The van der Waals surface area contributed by atoms with E-state index >= 15 is 0 Å². The van der Waals surface area contributed by atoms with Crippen molar-refractivity contribution in [2.75, 3.05) is 12.4 Å². The number of aliphatic carboxylic acids is 1. The lowest BCUT2D eigenvalue weighted by Crippen LogP contribution is -2.54. The number of rotatable bonds is 3. The molecule has 1 atom stereocenters. The Bertz CT molecular complexity index is 433. The molecule has 0 aromatic rings. The minimum Gasteiger partial charge on any atom is -0.477 e. The van der Waals surface area contributed by atoms with Gasteiger partial charge in [0.1, 0.15) is 12.3 Å². The summed E-state index contributed by atoms with van der Waals surface area (Å²) in [6.45, 7) is -0.194. The molecule has 2 aliphatic heterocycles. The zero-order valence-corrected chi connectivity index (χ0v) is 9.53. The van der Waals surface area contributed by atoms with Gasteiger partial charge in [0.05, 0.1) is 11.8 Å². The number of carbonyl (C=O) groups excluding carboxylic acids is 2. The Balaban J connectivity index is 2.23. The molecule has 0 spiro atoms. The molecule has 2 aliphatic rings. The molecule has 0 radical (unpaired) electrons. The maximum atomic E-state index is 11.3. The van der Waals surface area contributed by atoms with Crippen molar-refractivity contribution in [1.82, 2.24) is 4.90 Å². The predicted molar refractivity (Wildman–Crippen MR) is 57.9 cm³/mol. The van der Waals surface area contributed by atoms with Gasteiger partial charge in [0.25, 0.3) is 0 Å². The van der Waals surface area contributed by atoms with Crippen molar-refractivity contribution in [3.63, 3.8) is 0 Å². The van der Waals surface area contributed by atoms with Gasteiger partial charge < -0.3 is 15.6 Å². The van der Waals surface area contributed by atoms with Crippen LogP contribution in [0.3, 0.4) is 0 Å². The molecule has 17 heavy (non-hydrogen) atoms. The third kappa shape index (κ3) is 2.07. The molecule has 2 amide bonds. The monoisotopic (exact) mass is 258 g/mol. The molecule has 3 N–H and O–H groups in total. The number of carbonyl (C=O) groups is 3. The summed E-state index contributed by atoms with van der Waals surface area (Å²) in [5.74, 6) is -0.994. The van der Waals surface area contributed by atoms with Crippen LogP contribution in [0.2, 0.25) is 0 Å². The summed E-state index contributed by atoms with van der Waals surface area (Å²) in [6, 6.07) is 0. The van der Waals surface area contributed by atoms with Gasteiger partial charge in [0.2, 0.25) is 5.91 Å². The van der Waals surface area contributed by atoms with Crippen LogP contribution in [0.1, 0.15) is 6.42 Å². The van der Waals surface area contributed by atoms with Crippen LogP contribution in [0.5, 0.6) is 0 Å². The topological polar surface area (TPSA) is 110 Å². The lowest BCUT2D eigenvalue weighted by molar-refractivity contribution is -0.146. The summed E-state index contributed by atoms with van der Waals surface area (Å²) < 4.78 is 4.57. The maximum Gasteiger partial charge on any atom is 0.404 e. The Hall–Kier alpha value is -1.70. The van der Waals surface area contributed by atoms with Crippen LogP contribution in [0.4, 0.5) is 4.79 Å². The number of hydrogen-bond acceptors (Lipinski definition) is 5. The zero-order chi connectivity index (χ0) is 12.6. The Labute approximate surface area is 101 Å². The van der Waals surface area contributed by atoms with Crippen molar-refractivity contribution in [1.29, 1.82) is 0 Å². The number of thioether (sulfide) groups is 1. The fourth-order valence-corrected chi connectivity index (χ4v) is 2.99. The van der Waals surface area contributed by atoms with Gasteiger partial charge in [-0.3, -0.25) is 9.69 Å². The third-order valence-corrected chi connectivity index (χ3v) is 3.80. The first-order chi connectivity index (χ1) is 8.00. The van der Waals surface area contributed by atoms with Gasteiger partial charge in [-0.2, -0.15) is 0 Å². The van der Waals surface area contributed by atoms with Crippen LogP contribution in [0, 0.1) is 0 Å². The predicted octanol–water partition coefficient (Wildman–Crippen LogP) is -0.274. The number of nitrogens with zero attached hydrogens (tertiary/aromatic N) is 1. The van der Waals surface area contributed by atoms with Crippen molar-refractivity contribution in [2.24, 2.45) is 5.73 Å². The van der Waals surface area contributed by atoms with Crippen LogP contribution < -0.4 is 5.73 Å². The second-order valence-corrected chi connectivity index (χ2v) is 4.76. The molecule has 1 saturated heterocycles. The van der Waals surface area contributed by atoms with E-state index in [-0.39, 0.29) is 23.6 Å². The van der Waals surface area contributed by atoms with Crippen LogP contribution >= 0.6 is 11.8 Å². The Morgan fingerprint density at radius 3 is 2.82 bits per heavy atom. The van der Waals surface area contributed by atoms with Crippen LogP contribution in [0.25, 0.3) is 0 Å². The van der Waals surface area contributed by atoms with E-state index < -0.39 is 12.1 Å². The van der Waals surface area contributed by atoms with E-state index in [1.165, 1.54) is 16.7 Å². The van der Waals surface area contributed by atoms with E-state index in [9.17, 15) is 14.4 Å². The molecule has 2 rings (SSSR count). The molecule has 0 aromatic carbocycles. The number of ether oxygens (including phenoxy) is 1. The minimum atomic E-state index is -1.19. The van der Waals surface area contributed by atoms with Crippen molar-refractivity contribution in [2.45, 2.75) is 11.8 Å². The average Bonchev–Trinajstić information content (AvgIpc) is 2.24. The second-order valence-electron chi connectivity index (χ2n) is 3.60. The molecule has 2 heterocycles. The number of β-lactam (4-membered cyclic amide) rings is 1. The molecule has 0 unspecified atom stereocenters. The molecule has 0 saturated carbocycles.